The Labute approximate surface area is 188 Å². The SMILES string of the molecule is Cc1c(Oc2ccc(C(=O)N(C)C)cc2)cc(C(=O)N=C(N)/C=C\N)cc1OC(C)(C)C. The summed E-state index contributed by atoms with van der Waals surface area (Å²) < 4.78 is 12.1. The third-order valence-corrected chi connectivity index (χ3v) is 4.21. The molecule has 0 heterocycles. The molecule has 0 unspecified atom stereocenters. The summed E-state index contributed by atoms with van der Waals surface area (Å²) in [6, 6.07) is 9.93. The second kappa shape index (κ2) is 10.00. The van der Waals surface area contributed by atoms with E-state index in [1.165, 1.54) is 17.2 Å². The molecule has 0 spiro atoms. The van der Waals surface area contributed by atoms with E-state index in [1.54, 1.807) is 50.5 Å². The van der Waals surface area contributed by atoms with E-state index in [2.05, 4.69) is 4.99 Å². The first-order valence-corrected chi connectivity index (χ1v) is 10.0. The van der Waals surface area contributed by atoms with Gasteiger partial charge in [0.1, 0.15) is 28.7 Å². The molecule has 0 aromatic heterocycles. The lowest BCUT2D eigenvalue weighted by Crippen LogP contribution is -2.23. The van der Waals surface area contributed by atoms with Crippen LogP contribution in [0, 0.1) is 6.92 Å². The van der Waals surface area contributed by atoms with E-state index in [4.69, 9.17) is 20.9 Å². The zero-order valence-electron chi connectivity index (χ0n) is 19.3. The molecule has 0 radical (unpaired) electrons. The van der Waals surface area contributed by atoms with Gasteiger partial charge in [-0.2, -0.15) is 4.99 Å². The minimum atomic E-state index is -0.559. The second-order valence-corrected chi connectivity index (χ2v) is 8.34. The molecule has 2 rings (SSSR count). The van der Waals surface area contributed by atoms with E-state index in [1.807, 2.05) is 27.7 Å². The molecule has 0 saturated heterocycles. The van der Waals surface area contributed by atoms with Gasteiger partial charge in [0, 0.05) is 30.8 Å². The molecule has 2 aromatic carbocycles. The number of ether oxygens (including phenoxy) is 2. The van der Waals surface area contributed by atoms with Gasteiger partial charge in [-0.05, 0) is 76.4 Å². The standard InChI is InChI=1S/C24H30N4O4/c1-15-19(31-18-9-7-16(8-10-18)23(30)28(5)6)13-17(14-20(15)32-24(2,3)4)22(29)27-21(26)11-12-25/h7-14H,25H2,1-6H3,(H2,26,27,29)/b12-11-. The summed E-state index contributed by atoms with van der Waals surface area (Å²) in [5.74, 6) is 0.730. The number of amides is 2. The monoisotopic (exact) mass is 438 g/mol. The number of benzene rings is 2. The maximum absolute atomic E-state index is 12.7. The normalized spacial score (nSPS) is 12.0. The Balaban J connectivity index is 2.46. The molecule has 32 heavy (non-hydrogen) atoms. The molecule has 8 nitrogen and oxygen atoms in total. The molecule has 0 bridgehead atoms. The quantitative estimate of drug-likeness (QED) is 0.525. The number of carbonyl (C=O) groups excluding carboxylic acids is 2. The van der Waals surface area contributed by atoms with E-state index < -0.39 is 11.5 Å². The van der Waals surface area contributed by atoms with Crippen LogP contribution in [0.1, 0.15) is 47.1 Å². The minimum Gasteiger partial charge on any atom is -0.488 e. The highest BCUT2D eigenvalue weighted by molar-refractivity contribution is 6.06. The number of nitrogens with zero attached hydrogens (tertiary/aromatic N) is 2. The summed E-state index contributed by atoms with van der Waals surface area (Å²) in [4.78, 5) is 30.1. The molecule has 0 saturated carbocycles. The average molecular weight is 439 g/mol. The van der Waals surface area contributed by atoms with Crippen molar-refractivity contribution in [2.45, 2.75) is 33.3 Å². The van der Waals surface area contributed by atoms with Crippen molar-refractivity contribution >= 4 is 17.6 Å². The first kappa shape index (κ1) is 24.5. The van der Waals surface area contributed by atoms with Gasteiger partial charge >= 0.3 is 0 Å². The van der Waals surface area contributed by atoms with E-state index in [0.717, 1.165) is 0 Å². The fourth-order valence-electron chi connectivity index (χ4n) is 2.70. The average Bonchev–Trinajstić information content (AvgIpc) is 2.69. The van der Waals surface area contributed by atoms with E-state index in [9.17, 15) is 9.59 Å². The molecular formula is C24H30N4O4. The van der Waals surface area contributed by atoms with Gasteiger partial charge in [0.15, 0.2) is 0 Å². The Hall–Kier alpha value is -3.81. The zero-order chi connectivity index (χ0) is 24.1. The van der Waals surface area contributed by atoms with Crippen molar-refractivity contribution in [3.8, 4) is 17.2 Å². The first-order valence-electron chi connectivity index (χ1n) is 10.0. The Bertz CT molecular complexity index is 1050. The summed E-state index contributed by atoms with van der Waals surface area (Å²) in [6.45, 7) is 7.56. The summed E-state index contributed by atoms with van der Waals surface area (Å²) in [5, 5.41) is 0. The van der Waals surface area contributed by atoms with Crippen LogP contribution >= 0.6 is 0 Å². The van der Waals surface area contributed by atoms with Crippen LogP contribution in [-0.2, 0) is 0 Å². The Morgan fingerprint density at radius 3 is 2.16 bits per heavy atom. The number of rotatable bonds is 6. The predicted molar refractivity (Wildman–Crippen MR) is 125 cm³/mol. The van der Waals surface area contributed by atoms with Crippen molar-refractivity contribution in [2.75, 3.05) is 14.1 Å². The van der Waals surface area contributed by atoms with Gasteiger partial charge in [-0.25, -0.2) is 0 Å². The number of hydrogen-bond donors (Lipinski definition) is 2. The third kappa shape index (κ3) is 6.60. The Kier molecular flexibility index (Phi) is 7.64. The number of amidine groups is 1. The summed E-state index contributed by atoms with van der Waals surface area (Å²) in [5.41, 5.74) is 12.0. The lowest BCUT2D eigenvalue weighted by molar-refractivity contribution is 0.0827. The lowest BCUT2D eigenvalue weighted by atomic mass is 10.1. The van der Waals surface area contributed by atoms with Gasteiger partial charge in [0.2, 0.25) is 0 Å². The summed E-state index contributed by atoms with van der Waals surface area (Å²) in [6.07, 6.45) is 2.53. The minimum absolute atomic E-state index is 0.0139. The fourth-order valence-corrected chi connectivity index (χ4v) is 2.70. The van der Waals surface area contributed by atoms with Crippen LogP contribution in [0.15, 0.2) is 53.7 Å². The van der Waals surface area contributed by atoms with Crippen molar-refractivity contribution in [3.63, 3.8) is 0 Å². The third-order valence-electron chi connectivity index (χ3n) is 4.21. The topological polar surface area (TPSA) is 120 Å². The number of hydrogen-bond acceptors (Lipinski definition) is 5. The van der Waals surface area contributed by atoms with Gasteiger partial charge in [-0.15, -0.1) is 0 Å². The molecular weight excluding hydrogens is 408 g/mol. The molecule has 2 amide bonds. The molecule has 8 heteroatoms. The van der Waals surface area contributed by atoms with Crippen molar-refractivity contribution in [1.29, 1.82) is 0 Å². The Morgan fingerprint density at radius 2 is 1.62 bits per heavy atom. The molecule has 0 atom stereocenters. The van der Waals surface area contributed by atoms with Crippen LogP contribution in [0.3, 0.4) is 0 Å². The molecule has 0 aliphatic carbocycles. The first-order chi connectivity index (χ1) is 14.9. The summed E-state index contributed by atoms with van der Waals surface area (Å²) >= 11 is 0. The smallest absolute Gasteiger partial charge is 0.279 e. The van der Waals surface area contributed by atoms with Crippen molar-refractivity contribution in [1.82, 2.24) is 4.90 Å². The van der Waals surface area contributed by atoms with Gasteiger partial charge in [-0.3, -0.25) is 9.59 Å². The highest BCUT2D eigenvalue weighted by Gasteiger charge is 2.20. The van der Waals surface area contributed by atoms with E-state index in [0.29, 0.717) is 28.4 Å². The molecule has 0 aliphatic rings. The van der Waals surface area contributed by atoms with Crippen molar-refractivity contribution < 1.29 is 19.1 Å². The Morgan fingerprint density at radius 1 is 1.03 bits per heavy atom. The zero-order valence-corrected chi connectivity index (χ0v) is 19.3. The largest absolute Gasteiger partial charge is 0.488 e. The van der Waals surface area contributed by atoms with Crippen LogP contribution in [0.25, 0.3) is 0 Å². The van der Waals surface area contributed by atoms with Gasteiger partial charge in [0.05, 0.1) is 0 Å². The molecule has 170 valence electrons. The number of nitrogens with two attached hydrogens (primary N) is 2. The van der Waals surface area contributed by atoms with Crippen molar-refractivity contribution in [3.05, 3.63) is 65.4 Å². The van der Waals surface area contributed by atoms with Crippen molar-refractivity contribution in [2.24, 2.45) is 16.5 Å². The fraction of sp³-hybridized carbons (Fsp3) is 0.292. The highest BCUT2D eigenvalue weighted by Crippen LogP contribution is 2.35. The molecule has 0 fully saturated rings. The number of carbonyl (C=O) groups is 2. The molecule has 2 aromatic rings. The van der Waals surface area contributed by atoms with Gasteiger partial charge in [0.25, 0.3) is 11.8 Å². The number of aliphatic imine (C=N–C) groups is 1. The van der Waals surface area contributed by atoms with Gasteiger partial charge in [-0.1, -0.05) is 0 Å². The van der Waals surface area contributed by atoms with Crippen LogP contribution in [-0.4, -0.2) is 42.2 Å². The van der Waals surface area contributed by atoms with E-state index in [-0.39, 0.29) is 17.3 Å². The maximum Gasteiger partial charge on any atom is 0.279 e. The summed E-state index contributed by atoms with van der Waals surface area (Å²) in [7, 11) is 3.38. The van der Waals surface area contributed by atoms with E-state index >= 15 is 0 Å². The van der Waals surface area contributed by atoms with Crippen LogP contribution in [0.5, 0.6) is 17.2 Å². The molecule has 0 aliphatic heterocycles. The second-order valence-electron chi connectivity index (χ2n) is 8.34. The maximum atomic E-state index is 12.7. The van der Waals surface area contributed by atoms with Gasteiger partial charge < -0.3 is 25.8 Å². The lowest BCUT2D eigenvalue weighted by Gasteiger charge is -2.24. The van der Waals surface area contributed by atoms with Crippen LogP contribution < -0.4 is 20.9 Å². The molecule has 4 N–H and O–H groups in total. The highest BCUT2D eigenvalue weighted by atomic mass is 16.5. The van der Waals surface area contributed by atoms with Crippen LogP contribution in [0.2, 0.25) is 0 Å². The predicted octanol–water partition coefficient (Wildman–Crippen LogP) is 3.64. The van der Waals surface area contributed by atoms with Crippen LogP contribution in [0.4, 0.5) is 0 Å².